The fourth-order valence-electron chi connectivity index (χ4n) is 8.33. The molecular formula is C40H42N2. The summed E-state index contributed by atoms with van der Waals surface area (Å²) in [5.74, 6) is 0. The van der Waals surface area contributed by atoms with Crippen LogP contribution in [0.1, 0.15) is 86.1 Å². The van der Waals surface area contributed by atoms with E-state index in [1.807, 2.05) is 0 Å². The van der Waals surface area contributed by atoms with E-state index < -0.39 is 0 Å². The van der Waals surface area contributed by atoms with Gasteiger partial charge in [-0.3, -0.25) is 0 Å². The fraction of sp³-hybridized carbons (Fsp3) is 0.300. The molecule has 0 unspecified atom stereocenters. The molecule has 0 aliphatic carbocycles. The van der Waals surface area contributed by atoms with Crippen molar-refractivity contribution in [2.75, 3.05) is 13.1 Å². The smallest absolute Gasteiger partial charge is 0.0417 e. The van der Waals surface area contributed by atoms with Crippen LogP contribution in [-0.2, 0) is 25.7 Å². The molecule has 2 heterocycles. The summed E-state index contributed by atoms with van der Waals surface area (Å²) in [5, 5.41) is 11.2. The van der Waals surface area contributed by atoms with E-state index in [1.165, 1.54) is 87.6 Å². The SMILES string of the molecule is C=C1c2cc(CC)c3c4c(CC)cc5c6c(cc(CC)c(c7c(CC)cc(c2c37)C(=C)N1CC)c64)C(=C)N(CC)C5=C. The van der Waals surface area contributed by atoms with E-state index in [1.54, 1.807) is 0 Å². The summed E-state index contributed by atoms with van der Waals surface area (Å²) >= 11 is 0. The van der Waals surface area contributed by atoms with Gasteiger partial charge in [-0.15, -0.1) is 0 Å². The molecule has 0 N–H and O–H groups in total. The highest BCUT2D eigenvalue weighted by atomic mass is 15.2. The van der Waals surface area contributed by atoms with Crippen LogP contribution in [0.3, 0.4) is 0 Å². The lowest BCUT2D eigenvalue weighted by molar-refractivity contribution is 0.588. The number of hydrogen-bond donors (Lipinski definition) is 0. The lowest BCUT2D eigenvalue weighted by atomic mass is 9.75. The Morgan fingerprint density at radius 2 is 0.619 bits per heavy atom. The second-order valence-electron chi connectivity index (χ2n) is 12.0. The normalized spacial score (nSPS) is 15.1. The zero-order valence-corrected chi connectivity index (χ0v) is 26.3. The van der Waals surface area contributed by atoms with Crippen molar-refractivity contribution in [1.82, 2.24) is 9.80 Å². The fourth-order valence-corrected chi connectivity index (χ4v) is 8.33. The summed E-state index contributed by atoms with van der Waals surface area (Å²) in [6.07, 6.45) is 3.87. The first-order valence-electron chi connectivity index (χ1n) is 15.9. The van der Waals surface area contributed by atoms with Crippen LogP contribution in [0.25, 0.3) is 65.9 Å². The average Bonchev–Trinajstić information content (AvgIpc) is 3.01. The number of aryl methyl sites for hydroxylation is 4. The predicted octanol–water partition coefficient (Wildman–Crippen LogP) is 10.5. The molecule has 2 heteroatoms. The lowest BCUT2D eigenvalue weighted by Gasteiger charge is -2.38. The standard InChI is InChI=1S/C40H42N2/c1-11-25-17-29-21(7)41(15-5)22(8)30-19-27(13-3)35-36-28(14-4)20-32-24(10)42(16-6)23(9)31-18-26(12-2)34(40(36)38(31)32)33(25)39(35)37(29)30/h17-20H,7-16H2,1-6H3. The first-order chi connectivity index (χ1) is 20.3. The summed E-state index contributed by atoms with van der Waals surface area (Å²) in [4.78, 5) is 4.60. The third-order valence-electron chi connectivity index (χ3n) is 10.3. The average molecular weight is 551 g/mol. The molecule has 5 aromatic carbocycles. The second kappa shape index (κ2) is 9.23. The van der Waals surface area contributed by atoms with Crippen molar-refractivity contribution in [1.29, 1.82) is 0 Å². The molecule has 5 aromatic rings. The van der Waals surface area contributed by atoms with E-state index in [0.29, 0.717) is 0 Å². The summed E-state index contributed by atoms with van der Waals surface area (Å²) in [5.41, 5.74) is 15.0. The second-order valence-corrected chi connectivity index (χ2v) is 12.0. The van der Waals surface area contributed by atoms with Gasteiger partial charge in [-0.25, -0.2) is 0 Å². The minimum Gasteiger partial charge on any atom is -0.342 e. The van der Waals surface area contributed by atoms with Crippen molar-refractivity contribution in [2.45, 2.75) is 67.2 Å². The molecule has 0 saturated carbocycles. The molecule has 0 atom stereocenters. The van der Waals surface area contributed by atoms with Gasteiger partial charge in [-0.2, -0.15) is 0 Å². The minimum absolute atomic E-state index is 0.862. The number of rotatable bonds is 6. The molecule has 2 aliphatic heterocycles. The largest absolute Gasteiger partial charge is 0.342 e. The Labute approximate surface area is 250 Å². The summed E-state index contributed by atoms with van der Waals surface area (Å²) < 4.78 is 0. The van der Waals surface area contributed by atoms with Gasteiger partial charge in [0.25, 0.3) is 0 Å². The Balaban J connectivity index is 1.87. The van der Waals surface area contributed by atoms with Crippen molar-refractivity contribution in [3.8, 4) is 0 Å². The zero-order chi connectivity index (χ0) is 29.8. The third-order valence-corrected chi connectivity index (χ3v) is 10.3. The molecule has 0 amide bonds. The van der Waals surface area contributed by atoms with Crippen LogP contribution in [0, 0.1) is 0 Å². The number of hydrogen-bond acceptors (Lipinski definition) is 2. The van der Waals surface area contributed by atoms with E-state index in [-0.39, 0.29) is 0 Å². The topological polar surface area (TPSA) is 6.48 Å². The first kappa shape index (κ1) is 26.8. The maximum Gasteiger partial charge on any atom is 0.0417 e. The van der Waals surface area contributed by atoms with Crippen LogP contribution in [0.2, 0.25) is 0 Å². The Kier molecular flexibility index (Phi) is 5.90. The molecule has 0 bridgehead atoms. The molecular weight excluding hydrogens is 508 g/mol. The van der Waals surface area contributed by atoms with E-state index in [9.17, 15) is 0 Å². The van der Waals surface area contributed by atoms with Crippen molar-refractivity contribution in [2.24, 2.45) is 0 Å². The van der Waals surface area contributed by atoms with Crippen LogP contribution < -0.4 is 0 Å². The predicted molar refractivity (Wildman–Crippen MR) is 186 cm³/mol. The minimum atomic E-state index is 0.862. The molecule has 0 fully saturated rings. The van der Waals surface area contributed by atoms with Crippen molar-refractivity contribution in [3.05, 3.63) is 95.1 Å². The van der Waals surface area contributed by atoms with Crippen molar-refractivity contribution in [3.63, 3.8) is 0 Å². The molecule has 42 heavy (non-hydrogen) atoms. The molecule has 0 saturated heterocycles. The highest BCUT2D eigenvalue weighted by molar-refractivity contribution is 6.39. The van der Waals surface area contributed by atoms with Gasteiger partial charge in [0.05, 0.1) is 0 Å². The van der Waals surface area contributed by atoms with Gasteiger partial charge >= 0.3 is 0 Å². The lowest BCUT2D eigenvalue weighted by Crippen LogP contribution is -2.24. The van der Waals surface area contributed by atoms with E-state index in [4.69, 9.17) is 0 Å². The van der Waals surface area contributed by atoms with Gasteiger partial charge in [0.2, 0.25) is 0 Å². The van der Waals surface area contributed by atoms with Crippen LogP contribution in [-0.4, -0.2) is 22.9 Å². The molecule has 0 aromatic heterocycles. The highest BCUT2D eigenvalue weighted by Gasteiger charge is 2.33. The molecule has 2 aliphatic rings. The van der Waals surface area contributed by atoms with Crippen LogP contribution in [0.4, 0.5) is 0 Å². The summed E-state index contributed by atoms with van der Waals surface area (Å²) in [7, 11) is 0. The Bertz CT molecular complexity index is 1780. The zero-order valence-electron chi connectivity index (χ0n) is 26.3. The quantitative estimate of drug-likeness (QED) is 0.153. The van der Waals surface area contributed by atoms with E-state index >= 15 is 0 Å². The summed E-state index contributed by atoms with van der Waals surface area (Å²) in [6, 6.07) is 9.80. The van der Waals surface area contributed by atoms with Gasteiger partial charge in [-0.1, -0.05) is 54.0 Å². The van der Waals surface area contributed by atoms with Gasteiger partial charge in [0.1, 0.15) is 0 Å². The van der Waals surface area contributed by atoms with Gasteiger partial charge in [0.15, 0.2) is 0 Å². The Morgan fingerprint density at radius 1 is 0.381 bits per heavy atom. The Morgan fingerprint density at radius 3 is 0.810 bits per heavy atom. The van der Waals surface area contributed by atoms with Gasteiger partial charge in [0, 0.05) is 68.9 Å². The number of nitrogens with zero attached hydrogens (tertiary/aromatic N) is 2. The first-order valence-corrected chi connectivity index (χ1v) is 15.9. The van der Waals surface area contributed by atoms with Gasteiger partial charge < -0.3 is 9.80 Å². The number of benzene rings is 5. The van der Waals surface area contributed by atoms with E-state index in [2.05, 4.69) is 102 Å². The van der Waals surface area contributed by atoms with Crippen molar-refractivity contribution < 1.29 is 0 Å². The molecule has 212 valence electrons. The van der Waals surface area contributed by atoms with E-state index in [0.717, 1.165) is 61.6 Å². The Hall–Kier alpha value is -4.04. The molecule has 2 nitrogen and oxygen atoms in total. The van der Waals surface area contributed by atoms with Crippen molar-refractivity contribution >= 4 is 65.9 Å². The third kappa shape index (κ3) is 3.05. The number of fused-ring (bicyclic) bond motifs is 2. The molecule has 0 spiro atoms. The van der Waals surface area contributed by atoms with Crippen LogP contribution >= 0.6 is 0 Å². The maximum atomic E-state index is 4.63. The van der Waals surface area contributed by atoms with Gasteiger partial charge in [-0.05, 0) is 118 Å². The highest BCUT2D eigenvalue weighted by Crippen LogP contribution is 2.54. The van der Waals surface area contributed by atoms with Crippen LogP contribution in [0.5, 0.6) is 0 Å². The van der Waals surface area contributed by atoms with Crippen LogP contribution in [0.15, 0.2) is 50.6 Å². The molecule has 0 radical (unpaired) electrons. The maximum absolute atomic E-state index is 4.63. The monoisotopic (exact) mass is 550 g/mol. The summed E-state index contributed by atoms with van der Waals surface area (Å²) in [6.45, 7) is 33.9. The molecule has 7 rings (SSSR count).